The van der Waals surface area contributed by atoms with Crippen molar-refractivity contribution in [3.8, 4) is 0 Å². The lowest BCUT2D eigenvalue weighted by Crippen LogP contribution is -1.99. The Balaban J connectivity index is 2.55. The topological polar surface area (TPSA) is 41.7 Å². The number of aromatic nitrogens is 1. The van der Waals surface area contributed by atoms with E-state index in [1.807, 2.05) is 36.5 Å². The Morgan fingerprint density at radius 1 is 1.18 bits per heavy atom. The highest BCUT2D eigenvalue weighted by Crippen LogP contribution is 2.12. The zero-order valence-electron chi connectivity index (χ0n) is 9.13. The predicted octanol–water partition coefficient (Wildman–Crippen LogP) is 1.94. The maximum atomic E-state index is 12.3. The first kappa shape index (κ1) is 10.1. The number of aliphatic hydroxyl groups excluding tert-OH is 1. The van der Waals surface area contributed by atoms with Crippen molar-refractivity contribution >= 4 is 16.3 Å². The van der Waals surface area contributed by atoms with Crippen molar-refractivity contribution in [2.75, 3.05) is 0 Å². The van der Waals surface area contributed by atoms with E-state index in [1.165, 1.54) is 0 Å². The third-order valence-corrected chi connectivity index (χ3v) is 2.94. The van der Waals surface area contributed by atoms with E-state index in [4.69, 9.17) is 5.11 Å². The van der Waals surface area contributed by atoms with Gasteiger partial charge in [-0.05, 0) is 23.1 Å². The number of hydrogen-bond acceptors (Lipinski definition) is 2. The van der Waals surface area contributed by atoms with Gasteiger partial charge in [-0.3, -0.25) is 4.79 Å². The molecule has 0 atom stereocenters. The van der Waals surface area contributed by atoms with Crippen LogP contribution >= 0.6 is 0 Å². The Kier molecular flexibility index (Phi) is 2.20. The number of benzene rings is 1. The van der Waals surface area contributed by atoms with Crippen LogP contribution in [0.1, 0.15) is 5.56 Å². The zero-order chi connectivity index (χ0) is 11.8. The molecule has 0 radical (unpaired) electrons. The average molecular weight is 225 g/mol. The van der Waals surface area contributed by atoms with Gasteiger partial charge in [0.05, 0.1) is 12.1 Å². The van der Waals surface area contributed by atoms with E-state index in [2.05, 4.69) is 0 Å². The molecule has 0 saturated carbocycles. The SMILES string of the molecule is O=c1c2ccccc2ccn2cc(CO)cc12. The molecule has 0 bridgehead atoms. The molecule has 0 aliphatic rings. The van der Waals surface area contributed by atoms with Crippen molar-refractivity contribution in [1.82, 2.24) is 4.40 Å². The van der Waals surface area contributed by atoms with Crippen LogP contribution in [0.25, 0.3) is 16.3 Å². The highest BCUT2D eigenvalue weighted by atomic mass is 16.3. The van der Waals surface area contributed by atoms with Crippen LogP contribution in [0, 0.1) is 0 Å². The summed E-state index contributed by atoms with van der Waals surface area (Å²) >= 11 is 0. The molecule has 0 aliphatic carbocycles. The fourth-order valence-electron chi connectivity index (χ4n) is 2.08. The second-order valence-corrected chi connectivity index (χ2v) is 4.03. The minimum absolute atomic E-state index is 0.00898. The van der Waals surface area contributed by atoms with E-state index in [0.29, 0.717) is 10.9 Å². The highest BCUT2D eigenvalue weighted by Gasteiger charge is 2.04. The third kappa shape index (κ3) is 1.52. The maximum Gasteiger partial charge on any atom is 0.210 e. The van der Waals surface area contributed by atoms with Gasteiger partial charge in [-0.1, -0.05) is 24.3 Å². The summed E-state index contributed by atoms with van der Waals surface area (Å²) in [7, 11) is 0. The van der Waals surface area contributed by atoms with Crippen LogP contribution < -0.4 is 5.43 Å². The lowest BCUT2D eigenvalue weighted by molar-refractivity contribution is 0.282. The van der Waals surface area contributed by atoms with E-state index >= 15 is 0 Å². The van der Waals surface area contributed by atoms with Crippen molar-refractivity contribution in [1.29, 1.82) is 0 Å². The lowest BCUT2D eigenvalue weighted by atomic mass is 10.2. The summed E-state index contributed by atoms with van der Waals surface area (Å²) in [6.45, 7) is -0.0528. The summed E-state index contributed by atoms with van der Waals surface area (Å²) in [5, 5.41) is 10.7. The van der Waals surface area contributed by atoms with Gasteiger partial charge in [0.1, 0.15) is 0 Å². The molecule has 0 amide bonds. The fourth-order valence-corrected chi connectivity index (χ4v) is 2.08. The van der Waals surface area contributed by atoms with Gasteiger partial charge in [0, 0.05) is 17.8 Å². The number of aliphatic hydroxyl groups is 1. The standard InChI is InChI=1S/C14H11NO2/c16-9-10-7-13-14(17)12-4-2-1-3-11(12)5-6-15(13)8-10/h1-8,16H,9H2. The van der Waals surface area contributed by atoms with E-state index in [9.17, 15) is 4.79 Å². The molecule has 17 heavy (non-hydrogen) atoms. The molecule has 3 heteroatoms. The smallest absolute Gasteiger partial charge is 0.210 e. The molecule has 0 unspecified atom stereocenters. The predicted molar refractivity (Wildman–Crippen MR) is 67.1 cm³/mol. The first-order valence-corrected chi connectivity index (χ1v) is 5.43. The Bertz CT molecular complexity index is 759. The molecule has 2 aromatic heterocycles. The second kappa shape index (κ2) is 3.71. The number of nitrogens with zero attached hydrogens (tertiary/aromatic N) is 1. The van der Waals surface area contributed by atoms with Gasteiger partial charge in [-0.15, -0.1) is 0 Å². The van der Waals surface area contributed by atoms with Crippen LogP contribution in [0.2, 0.25) is 0 Å². The van der Waals surface area contributed by atoms with Gasteiger partial charge in [0.15, 0.2) is 0 Å². The van der Waals surface area contributed by atoms with E-state index in [-0.39, 0.29) is 12.0 Å². The molecular weight excluding hydrogens is 214 g/mol. The minimum Gasteiger partial charge on any atom is -0.392 e. The van der Waals surface area contributed by atoms with E-state index in [1.54, 1.807) is 16.7 Å². The second-order valence-electron chi connectivity index (χ2n) is 4.03. The summed E-state index contributed by atoms with van der Waals surface area (Å²) < 4.78 is 1.76. The Hall–Kier alpha value is -2.13. The van der Waals surface area contributed by atoms with Gasteiger partial charge in [-0.2, -0.15) is 0 Å². The van der Waals surface area contributed by atoms with Gasteiger partial charge < -0.3 is 9.51 Å². The molecule has 84 valence electrons. The summed E-state index contributed by atoms with van der Waals surface area (Å²) in [5.74, 6) is 0. The molecule has 0 aliphatic heterocycles. The minimum atomic E-state index is -0.0528. The van der Waals surface area contributed by atoms with Crippen molar-refractivity contribution in [2.24, 2.45) is 0 Å². The summed E-state index contributed by atoms with van der Waals surface area (Å²) in [4.78, 5) is 12.3. The molecule has 0 fully saturated rings. The molecule has 3 rings (SSSR count). The van der Waals surface area contributed by atoms with E-state index < -0.39 is 0 Å². The Morgan fingerprint density at radius 2 is 2.00 bits per heavy atom. The van der Waals surface area contributed by atoms with Crippen LogP contribution in [0.3, 0.4) is 0 Å². The molecule has 3 aromatic rings. The van der Waals surface area contributed by atoms with Crippen LogP contribution in [0.4, 0.5) is 0 Å². The number of rotatable bonds is 1. The molecule has 1 N–H and O–H groups in total. The maximum absolute atomic E-state index is 12.3. The average Bonchev–Trinajstić information content (AvgIpc) is 2.74. The monoisotopic (exact) mass is 225 g/mol. The lowest BCUT2D eigenvalue weighted by Gasteiger charge is -1.88. The quantitative estimate of drug-likeness (QED) is 0.687. The van der Waals surface area contributed by atoms with Crippen molar-refractivity contribution in [3.63, 3.8) is 0 Å². The number of hydrogen-bond donors (Lipinski definition) is 1. The molecule has 3 nitrogen and oxygen atoms in total. The van der Waals surface area contributed by atoms with Crippen LogP contribution in [0.5, 0.6) is 0 Å². The Morgan fingerprint density at radius 3 is 2.82 bits per heavy atom. The Labute approximate surface area is 97.6 Å². The van der Waals surface area contributed by atoms with Gasteiger partial charge in [-0.25, -0.2) is 0 Å². The van der Waals surface area contributed by atoms with Crippen LogP contribution in [-0.4, -0.2) is 9.51 Å². The largest absolute Gasteiger partial charge is 0.392 e. The zero-order valence-corrected chi connectivity index (χ0v) is 9.13. The fraction of sp³-hybridized carbons (Fsp3) is 0.0714. The first-order chi connectivity index (χ1) is 8.29. The van der Waals surface area contributed by atoms with Crippen molar-refractivity contribution < 1.29 is 5.11 Å². The van der Waals surface area contributed by atoms with Crippen LogP contribution in [0.15, 0.2) is 53.6 Å². The normalized spacial score (nSPS) is 11.1. The first-order valence-electron chi connectivity index (χ1n) is 5.43. The van der Waals surface area contributed by atoms with Crippen molar-refractivity contribution in [3.05, 3.63) is 64.6 Å². The van der Waals surface area contributed by atoms with E-state index in [0.717, 1.165) is 10.9 Å². The number of fused-ring (bicyclic) bond motifs is 2. The molecule has 1 aromatic carbocycles. The molecular formula is C14H11NO2. The summed E-state index contributed by atoms with van der Waals surface area (Å²) in [5.41, 5.74) is 1.33. The van der Waals surface area contributed by atoms with Crippen LogP contribution in [-0.2, 0) is 6.61 Å². The van der Waals surface area contributed by atoms with Crippen molar-refractivity contribution in [2.45, 2.75) is 6.61 Å². The summed E-state index contributed by atoms with van der Waals surface area (Å²) in [6, 6.07) is 11.2. The van der Waals surface area contributed by atoms with Gasteiger partial charge >= 0.3 is 0 Å². The third-order valence-electron chi connectivity index (χ3n) is 2.94. The molecule has 0 spiro atoms. The molecule has 2 heterocycles. The molecule has 0 saturated heterocycles. The van der Waals surface area contributed by atoms with Gasteiger partial charge in [0.25, 0.3) is 0 Å². The highest BCUT2D eigenvalue weighted by molar-refractivity contribution is 5.84. The summed E-state index contributed by atoms with van der Waals surface area (Å²) in [6.07, 6.45) is 3.62. The van der Waals surface area contributed by atoms with Gasteiger partial charge in [0.2, 0.25) is 5.43 Å².